The van der Waals surface area contributed by atoms with Crippen molar-refractivity contribution in [2.45, 2.75) is 18.7 Å². The van der Waals surface area contributed by atoms with Gasteiger partial charge in [0.25, 0.3) is 0 Å². The number of nitrogens with one attached hydrogen (secondary N) is 2. The lowest BCUT2D eigenvalue weighted by atomic mass is 10.2. The second-order valence-electron chi connectivity index (χ2n) is 7.53. The van der Waals surface area contributed by atoms with Crippen LogP contribution in [0.3, 0.4) is 0 Å². The number of carbonyl (C=O) groups excluding carboxylic acids is 2. The number of anilines is 1. The summed E-state index contributed by atoms with van der Waals surface area (Å²) in [7, 11) is 0. The van der Waals surface area contributed by atoms with E-state index in [0.717, 1.165) is 49.7 Å². The topological polar surface area (TPSA) is 94.5 Å². The van der Waals surface area contributed by atoms with Gasteiger partial charge in [0.2, 0.25) is 11.8 Å². The van der Waals surface area contributed by atoms with Gasteiger partial charge >= 0.3 is 0 Å². The van der Waals surface area contributed by atoms with Crippen LogP contribution >= 0.6 is 11.8 Å². The summed E-state index contributed by atoms with van der Waals surface area (Å²) < 4.78 is 5.32. The number of rotatable bonds is 10. The molecule has 1 aliphatic heterocycles. The van der Waals surface area contributed by atoms with Gasteiger partial charge in [0.05, 0.1) is 30.6 Å². The summed E-state index contributed by atoms with van der Waals surface area (Å²) in [4.78, 5) is 26.6. The average Bonchev–Trinajstić information content (AvgIpc) is 2.83. The Morgan fingerprint density at radius 3 is 2.59 bits per heavy atom. The van der Waals surface area contributed by atoms with E-state index in [2.05, 4.69) is 21.6 Å². The molecule has 0 aliphatic carbocycles. The Kier molecular flexibility index (Phi) is 9.57. The Bertz CT molecular complexity index is 937. The molecule has 0 atom stereocenters. The van der Waals surface area contributed by atoms with Crippen molar-refractivity contribution in [1.82, 2.24) is 10.2 Å². The SMILES string of the molecule is N#Cc1ccc(CSCC(=O)NCc2cccc(NC(=O)CCN3CCOCC3)c2)cc1. The predicted molar refractivity (Wildman–Crippen MR) is 126 cm³/mol. The van der Waals surface area contributed by atoms with Gasteiger partial charge in [-0.25, -0.2) is 0 Å². The van der Waals surface area contributed by atoms with Crippen LogP contribution in [0.15, 0.2) is 48.5 Å². The van der Waals surface area contributed by atoms with Crippen LogP contribution in [-0.2, 0) is 26.6 Å². The third kappa shape index (κ3) is 8.35. The lowest BCUT2D eigenvalue weighted by Crippen LogP contribution is -2.38. The molecule has 0 aromatic heterocycles. The van der Waals surface area contributed by atoms with Crippen molar-refractivity contribution in [3.8, 4) is 6.07 Å². The number of hydrogen-bond acceptors (Lipinski definition) is 6. The zero-order valence-electron chi connectivity index (χ0n) is 18.0. The van der Waals surface area contributed by atoms with Gasteiger partial charge in [0, 0.05) is 44.0 Å². The monoisotopic (exact) mass is 452 g/mol. The molecular weight excluding hydrogens is 424 g/mol. The summed E-state index contributed by atoms with van der Waals surface area (Å²) >= 11 is 1.53. The second-order valence-corrected chi connectivity index (χ2v) is 8.52. The summed E-state index contributed by atoms with van der Waals surface area (Å²) in [6, 6.07) is 17.0. The highest BCUT2D eigenvalue weighted by Gasteiger charge is 2.12. The number of amides is 2. The standard InChI is InChI=1S/C24H28N4O3S/c25-15-19-4-6-20(7-5-19)17-32-18-24(30)26-16-21-2-1-3-22(14-21)27-23(29)8-9-28-10-12-31-13-11-28/h1-7,14H,8-13,16-18H2,(H,26,30)(H,27,29). The van der Waals surface area contributed by atoms with Crippen LogP contribution in [0.25, 0.3) is 0 Å². The van der Waals surface area contributed by atoms with E-state index in [-0.39, 0.29) is 11.8 Å². The highest BCUT2D eigenvalue weighted by atomic mass is 32.2. The molecule has 0 saturated carbocycles. The normalized spacial score (nSPS) is 13.8. The molecule has 2 aromatic rings. The molecule has 0 spiro atoms. The number of carbonyl (C=O) groups is 2. The molecule has 32 heavy (non-hydrogen) atoms. The molecule has 3 rings (SSSR count). The van der Waals surface area contributed by atoms with E-state index in [9.17, 15) is 9.59 Å². The van der Waals surface area contributed by atoms with Crippen molar-refractivity contribution in [1.29, 1.82) is 5.26 Å². The Hall–Kier alpha value is -2.86. The molecule has 1 heterocycles. The van der Waals surface area contributed by atoms with Crippen LogP contribution in [0.1, 0.15) is 23.1 Å². The van der Waals surface area contributed by atoms with Crippen molar-refractivity contribution >= 4 is 29.3 Å². The molecule has 8 heteroatoms. The summed E-state index contributed by atoms with van der Waals surface area (Å²) in [5.41, 5.74) is 3.38. The van der Waals surface area contributed by atoms with E-state index in [4.69, 9.17) is 10.00 Å². The van der Waals surface area contributed by atoms with E-state index in [1.807, 2.05) is 36.4 Å². The van der Waals surface area contributed by atoms with E-state index < -0.39 is 0 Å². The fourth-order valence-electron chi connectivity index (χ4n) is 3.26. The number of nitriles is 1. The number of benzene rings is 2. The maximum absolute atomic E-state index is 12.2. The van der Waals surface area contributed by atoms with Crippen molar-refractivity contribution < 1.29 is 14.3 Å². The molecule has 0 bridgehead atoms. The third-order valence-electron chi connectivity index (χ3n) is 5.04. The summed E-state index contributed by atoms with van der Waals surface area (Å²) in [6.07, 6.45) is 0.442. The lowest BCUT2D eigenvalue weighted by molar-refractivity contribution is -0.119. The van der Waals surface area contributed by atoms with Crippen LogP contribution in [-0.4, -0.2) is 55.3 Å². The number of morpholine rings is 1. The van der Waals surface area contributed by atoms with Crippen molar-refractivity contribution in [2.75, 3.05) is 43.9 Å². The summed E-state index contributed by atoms with van der Waals surface area (Å²) in [5, 5.41) is 14.7. The molecule has 2 N–H and O–H groups in total. The van der Waals surface area contributed by atoms with Crippen LogP contribution in [0.2, 0.25) is 0 Å². The third-order valence-corrected chi connectivity index (χ3v) is 6.05. The zero-order valence-corrected chi connectivity index (χ0v) is 18.8. The Labute approximate surface area is 193 Å². The first-order chi connectivity index (χ1) is 15.6. The van der Waals surface area contributed by atoms with Crippen molar-refractivity contribution in [2.24, 2.45) is 0 Å². The Balaban J connectivity index is 1.35. The first-order valence-corrected chi connectivity index (χ1v) is 11.8. The molecular formula is C24H28N4O3S. The largest absolute Gasteiger partial charge is 0.379 e. The van der Waals surface area contributed by atoms with Crippen molar-refractivity contribution in [3.63, 3.8) is 0 Å². The minimum absolute atomic E-state index is 0.0168. The van der Waals surface area contributed by atoms with Gasteiger partial charge in [-0.15, -0.1) is 11.8 Å². The van der Waals surface area contributed by atoms with Gasteiger partial charge in [0.1, 0.15) is 0 Å². The number of hydrogen-bond donors (Lipinski definition) is 2. The number of ether oxygens (including phenoxy) is 1. The molecule has 0 unspecified atom stereocenters. The van der Waals surface area contributed by atoms with Crippen LogP contribution in [0.5, 0.6) is 0 Å². The molecule has 1 aliphatic rings. The van der Waals surface area contributed by atoms with Gasteiger partial charge in [-0.1, -0.05) is 24.3 Å². The van der Waals surface area contributed by atoms with Crippen LogP contribution in [0, 0.1) is 11.3 Å². The van der Waals surface area contributed by atoms with Gasteiger partial charge in [-0.3, -0.25) is 14.5 Å². The summed E-state index contributed by atoms with van der Waals surface area (Å²) in [5.74, 6) is 1.02. The first-order valence-electron chi connectivity index (χ1n) is 10.6. The molecule has 1 fully saturated rings. The van der Waals surface area contributed by atoms with Crippen molar-refractivity contribution in [3.05, 3.63) is 65.2 Å². The van der Waals surface area contributed by atoms with Gasteiger partial charge in [-0.05, 0) is 35.4 Å². The highest BCUT2D eigenvalue weighted by molar-refractivity contribution is 7.99. The molecule has 0 radical (unpaired) electrons. The predicted octanol–water partition coefficient (Wildman–Crippen LogP) is 2.77. The molecule has 2 amide bonds. The second kappa shape index (κ2) is 12.9. The highest BCUT2D eigenvalue weighted by Crippen LogP contribution is 2.14. The van der Waals surface area contributed by atoms with Gasteiger partial charge in [-0.2, -0.15) is 5.26 Å². The molecule has 168 valence electrons. The fraction of sp³-hybridized carbons (Fsp3) is 0.375. The smallest absolute Gasteiger partial charge is 0.230 e. The van der Waals surface area contributed by atoms with E-state index >= 15 is 0 Å². The molecule has 7 nitrogen and oxygen atoms in total. The molecule has 2 aromatic carbocycles. The minimum Gasteiger partial charge on any atom is -0.379 e. The van der Waals surface area contributed by atoms with E-state index in [0.29, 0.717) is 30.0 Å². The minimum atomic E-state index is -0.0383. The maximum atomic E-state index is 12.2. The first kappa shape index (κ1) is 23.8. The summed E-state index contributed by atoms with van der Waals surface area (Å²) in [6.45, 7) is 4.33. The number of thioether (sulfide) groups is 1. The zero-order chi connectivity index (χ0) is 22.6. The van der Waals surface area contributed by atoms with E-state index in [1.54, 1.807) is 12.1 Å². The van der Waals surface area contributed by atoms with Gasteiger partial charge < -0.3 is 15.4 Å². The Morgan fingerprint density at radius 1 is 1.06 bits per heavy atom. The van der Waals surface area contributed by atoms with Crippen LogP contribution < -0.4 is 10.6 Å². The maximum Gasteiger partial charge on any atom is 0.230 e. The fourth-order valence-corrected chi connectivity index (χ4v) is 4.07. The number of nitrogens with zero attached hydrogens (tertiary/aromatic N) is 2. The Morgan fingerprint density at radius 2 is 1.84 bits per heavy atom. The van der Waals surface area contributed by atoms with E-state index in [1.165, 1.54) is 11.8 Å². The molecule has 1 saturated heterocycles. The van der Waals surface area contributed by atoms with Gasteiger partial charge in [0.15, 0.2) is 0 Å². The van der Waals surface area contributed by atoms with Crippen LogP contribution in [0.4, 0.5) is 5.69 Å². The average molecular weight is 453 g/mol. The lowest BCUT2D eigenvalue weighted by Gasteiger charge is -2.26. The quantitative estimate of drug-likeness (QED) is 0.576.